The van der Waals surface area contributed by atoms with Gasteiger partial charge >= 0.3 is 6.18 Å². The number of hydrogen-bond acceptors (Lipinski definition) is 5. The molecular formula is C24H28F3N5. The van der Waals surface area contributed by atoms with Crippen molar-refractivity contribution in [1.82, 2.24) is 14.8 Å². The highest BCUT2D eigenvalue weighted by molar-refractivity contribution is 6.01. The molecule has 0 unspecified atom stereocenters. The first-order valence-corrected chi connectivity index (χ1v) is 10.8. The number of benzene rings is 2. The Morgan fingerprint density at radius 2 is 1.72 bits per heavy atom. The molecule has 0 radical (unpaired) electrons. The molecule has 32 heavy (non-hydrogen) atoms. The summed E-state index contributed by atoms with van der Waals surface area (Å²) in [7, 11) is 0. The minimum absolute atomic E-state index is 0.294. The topological polar surface area (TPSA) is 57.4 Å². The average Bonchev–Trinajstić information content (AvgIpc) is 2.76. The normalized spacial score (nSPS) is 15.9. The van der Waals surface area contributed by atoms with Gasteiger partial charge in [-0.25, -0.2) is 4.98 Å². The van der Waals surface area contributed by atoms with Crippen molar-refractivity contribution in [3.05, 3.63) is 59.3 Å². The zero-order valence-electron chi connectivity index (χ0n) is 18.3. The molecule has 0 aliphatic carbocycles. The highest BCUT2D eigenvalue weighted by atomic mass is 19.4. The Morgan fingerprint density at radius 1 is 1.00 bits per heavy atom. The second kappa shape index (κ2) is 8.96. The van der Waals surface area contributed by atoms with Gasteiger partial charge in [0.25, 0.3) is 0 Å². The van der Waals surface area contributed by atoms with Gasteiger partial charge < -0.3 is 16.0 Å². The molecule has 3 aromatic rings. The van der Waals surface area contributed by atoms with Gasteiger partial charge in [-0.05, 0) is 42.8 Å². The lowest BCUT2D eigenvalue weighted by Gasteiger charge is -2.34. The molecular weight excluding hydrogens is 415 g/mol. The Kier molecular flexibility index (Phi) is 6.26. The zero-order valence-corrected chi connectivity index (χ0v) is 18.3. The smallest absolute Gasteiger partial charge is 0.383 e. The van der Waals surface area contributed by atoms with E-state index < -0.39 is 11.7 Å². The Balaban J connectivity index is 1.64. The SMILES string of the molecule is CCN1CCN(Cc2ccc(Nc3c(C)ccc4c(N)nccc34)cc2C(F)(F)F)CC1. The summed E-state index contributed by atoms with van der Waals surface area (Å²) in [5.74, 6) is 0.389. The largest absolute Gasteiger partial charge is 0.416 e. The molecule has 1 saturated heterocycles. The third kappa shape index (κ3) is 4.66. The van der Waals surface area contributed by atoms with Crippen molar-refractivity contribution in [3.63, 3.8) is 0 Å². The Labute approximate surface area is 186 Å². The van der Waals surface area contributed by atoms with E-state index in [1.54, 1.807) is 18.3 Å². The number of nitrogens with zero attached hydrogens (tertiary/aromatic N) is 3. The molecule has 0 spiro atoms. The molecule has 1 aliphatic heterocycles. The van der Waals surface area contributed by atoms with Crippen molar-refractivity contribution in [2.45, 2.75) is 26.6 Å². The van der Waals surface area contributed by atoms with Crippen LogP contribution in [-0.4, -0.2) is 47.5 Å². The lowest BCUT2D eigenvalue weighted by Crippen LogP contribution is -2.45. The minimum Gasteiger partial charge on any atom is -0.383 e. The number of nitrogen functional groups attached to an aromatic ring is 1. The predicted molar refractivity (Wildman–Crippen MR) is 123 cm³/mol. The van der Waals surface area contributed by atoms with Crippen molar-refractivity contribution < 1.29 is 13.2 Å². The molecule has 1 fully saturated rings. The van der Waals surface area contributed by atoms with Gasteiger partial charge in [-0.15, -0.1) is 0 Å². The summed E-state index contributed by atoms with van der Waals surface area (Å²) in [4.78, 5) is 8.50. The number of alkyl halides is 3. The van der Waals surface area contributed by atoms with Crippen LogP contribution in [0.15, 0.2) is 42.6 Å². The molecule has 0 bridgehead atoms. The number of halogens is 3. The maximum absolute atomic E-state index is 13.9. The number of aryl methyl sites for hydroxylation is 1. The minimum atomic E-state index is -4.43. The van der Waals surface area contributed by atoms with Crippen molar-refractivity contribution in [1.29, 1.82) is 0 Å². The third-order valence-corrected chi connectivity index (χ3v) is 6.18. The predicted octanol–water partition coefficient (Wildman–Crippen LogP) is 5.03. The van der Waals surface area contributed by atoms with E-state index in [1.807, 2.05) is 25.1 Å². The van der Waals surface area contributed by atoms with E-state index in [-0.39, 0.29) is 0 Å². The van der Waals surface area contributed by atoms with E-state index in [2.05, 4.69) is 27.0 Å². The molecule has 5 nitrogen and oxygen atoms in total. The number of fused-ring (bicyclic) bond motifs is 1. The van der Waals surface area contributed by atoms with Gasteiger partial charge in [0.15, 0.2) is 0 Å². The Morgan fingerprint density at radius 3 is 2.41 bits per heavy atom. The lowest BCUT2D eigenvalue weighted by atomic mass is 10.0. The number of nitrogens with one attached hydrogen (secondary N) is 1. The van der Waals surface area contributed by atoms with Crippen LogP contribution in [0.3, 0.4) is 0 Å². The second-order valence-electron chi connectivity index (χ2n) is 8.25. The number of piperazine rings is 1. The fourth-order valence-corrected chi connectivity index (χ4v) is 4.26. The zero-order chi connectivity index (χ0) is 22.9. The van der Waals surface area contributed by atoms with Gasteiger partial charge in [-0.3, -0.25) is 4.90 Å². The quantitative estimate of drug-likeness (QED) is 0.580. The molecule has 0 amide bonds. The molecule has 4 rings (SSSR count). The van der Waals surface area contributed by atoms with Gasteiger partial charge in [-0.1, -0.05) is 25.1 Å². The number of aromatic nitrogens is 1. The molecule has 170 valence electrons. The van der Waals surface area contributed by atoms with Crippen molar-refractivity contribution in [2.75, 3.05) is 43.8 Å². The molecule has 8 heteroatoms. The second-order valence-corrected chi connectivity index (χ2v) is 8.25. The standard InChI is InChI=1S/C24H28F3N5/c1-3-31-10-12-32(13-11-31)15-17-5-6-18(14-21(17)24(25,26)27)30-22-16(2)4-7-20-19(22)8-9-29-23(20)28/h4-9,14,30H,3,10-13,15H2,1-2H3,(H2,28,29). The summed E-state index contributed by atoms with van der Waals surface area (Å²) in [5.41, 5.74) is 7.72. The maximum Gasteiger partial charge on any atom is 0.416 e. The molecule has 2 heterocycles. The molecule has 0 saturated carbocycles. The number of rotatable bonds is 5. The van der Waals surface area contributed by atoms with Crippen molar-refractivity contribution >= 4 is 28.0 Å². The summed E-state index contributed by atoms with van der Waals surface area (Å²) in [6, 6.07) is 10.1. The van der Waals surface area contributed by atoms with Crippen LogP contribution in [0, 0.1) is 6.92 Å². The Bertz CT molecular complexity index is 1100. The maximum atomic E-state index is 13.9. The van der Waals surface area contributed by atoms with E-state index in [1.165, 1.54) is 6.07 Å². The fraction of sp³-hybridized carbons (Fsp3) is 0.375. The number of likely N-dealkylation sites (N-methyl/N-ethyl adjacent to an activating group) is 1. The molecule has 1 aliphatic rings. The first-order chi connectivity index (χ1) is 15.3. The summed E-state index contributed by atoms with van der Waals surface area (Å²) in [6.45, 7) is 8.59. The average molecular weight is 444 g/mol. The Hall–Kier alpha value is -2.84. The van der Waals surface area contributed by atoms with Crippen LogP contribution in [-0.2, 0) is 12.7 Å². The van der Waals surface area contributed by atoms with Crippen LogP contribution in [0.1, 0.15) is 23.6 Å². The summed E-state index contributed by atoms with van der Waals surface area (Å²) in [6.07, 6.45) is -2.83. The van der Waals surface area contributed by atoms with E-state index in [0.717, 1.165) is 54.7 Å². The molecule has 3 N–H and O–H groups in total. The first kappa shape index (κ1) is 22.4. The number of pyridine rings is 1. The van der Waals surface area contributed by atoms with Crippen molar-refractivity contribution in [3.8, 4) is 0 Å². The van der Waals surface area contributed by atoms with Crippen LogP contribution in [0.5, 0.6) is 0 Å². The summed E-state index contributed by atoms with van der Waals surface area (Å²) in [5, 5.41) is 4.78. The summed E-state index contributed by atoms with van der Waals surface area (Å²) >= 11 is 0. The van der Waals surface area contributed by atoms with Crippen LogP contribution in [0.4, 0.5) is 30.4 Å². The van der Waals surface area contributed by atoms with Crippen molar-refractivity contribution in [2.24, 2.45) is 0 Å². The molecule has 0 atom stereocenters. The number of hydrogen-bond donors (Lipinski definition) is 2. The van der Waals surface area contributed by atoms with Crippen LogP contribution < -0.4 is 11.1 Å². The number of nitrogens with two attached hydrogens (primary N) is 1. The summed E-state index contributed by atoms with van der Waals surface area (Å²) < 4.78 is 41.8. The number of anilines is 3. The van der Waals surface area contributed by atoms with Crippen LogP contribution in [0.25, 0.3) is 10.8 Å². The van der Waals surface area contributed by atoms with E-state index in [0.29, 0.717) is 23.6 Å². The molecule has 2 aromatic carbocycles. The van der Waals surface area contributed by atoms with Gasteiger partial charge in [0.05, 0.1) is 5.56 Å². The third-order valence-electron chi connectivity index (χ3n) is 6.18. The van der Waals surface area contributed by atoms with Gasteiger partial charge in [-0.2, -0.15) is 13.2 Å². The van der Waals surface area contributed by atoms with Gasteiger partial charge in [0.2, 0.25) is 0 Å². The van der Waals surface area contributed by atoms with Crippen LogP contribution in [0.2, 0.25) is 0 Å². The van der Waals surface area contributed by atoms with E-state index >= 15 is 0 Å². The molecule has 1 aromatic heterocycles. The van der Waals surface area contributed by atoms with E-state index in [4.69, 9.17) is 5.73 Å². The van der Waals surface area contributed by atoms with Gasteiger partial charge in [0.1, 0.15) is 5.82 Å². The highest BCUT2D eigenvalue weighted by Gasteiger charge is 2.34. The highest BCUT2D eigenvalue weighted by Crippen LogP contribution is 2.37. The fourth-order valence-electron chi connectivity index (χ4n) is 4.26. The monoisotopic (exact) mass is 443 g/mol. The van der Waals surface area contributed by atoms with Gasteiger partial charge in [0, 0.05) is 61.1 Å². The van der Waals surface area contributed by atoms with E-state index in [9.17, 15) is 13.2 Å². The lowest BCUT2D eigenvalue weighted by molar-refractivity contribution is -0.138. The van der Waals surface area contributed by atoms with Crippen LogP contribution >= 0.6 is 0 Å². The first-order valence-electron chi connectivity index (χ1n) is 10.8.